The third-order valence-electron chi connectivity index (χ3n) is 13.8. The Morgan fingerprint density at radius 1 is 0.303 bits per heavy atom. The van der Waals surface area contributed by atoms with Crippen molar-refractivity contribution in [1.29, 1.82) is 0 Å². The van der Waals surface area contributed by atoms with Gasteiger partial charge in [-0.1, -0.05) is 206 Å². The van der Waals surface area contributed by atoms with E-state index in [4.69, 9.17) is 4.74 Å². The molecule has 0 aromatic heterocycles. The van der Waals surface area contributed by atoms with Crippen LogP contribution in [0.4, 0.5) is 17.1 Å². The molecule has 11 aromatic rings. The van der Waals surface area contributed by atoms with Crippen molar-refractivity contribution in [3.8, 4) is 50.3 Å². The molecule has 1 aliphatic carbocycles. The Morgan fingerprint density at radius 3 is 1.08 bits per heavy atom. The fourth-order valence-corrected chi connectivity index (χ4v) is 10.9. The molecular formula is C64H43NO. The average Bonchev–Trinajstić information content (AvgIpc) is 3.77. The summed E-state index contributed by atoms with van der Waals surface area (Å²) in [6, 6.07) is 82.2. The predicted molar refractivity (Wildman–Crippen MR) is 278 cm³/mol. The van der Waals surface area contributed by atoms with Gasteiger partial charge in [0.25, 0.3) is 0 Å². The fourth-order valence-electron chi connectivity index (χ4n) is 10.9. The lowest BCUT2D eigenvalue weighted by Crippen LogP contribution is -2.15. The molecule has 2 nitrogen and oxygen atoms in total. The summed E-state index contributed by atoms with van der Waals surface area (Å²) in [7, 11) is 0. The van der Waals surface area contributed by atoms with Crippen LogP contribution >= 0.6 is 0 Å². The predicted octanol–water partition coefficient (Wildman–Crippen LogP) is 17.4. The SMILES string of the molecule is C1=CC2Oc3cc(N(c4ccc(-c5c(-c6ccccc6)c6ccccc6c6ccccc56)cc4)c4ccc(-c5c(-c6ccccc6)c6ccccc6c6ccccc56)cc4)ccc3C2C=C1. The molecule has 0 amide bonds. The molecule has 0 radical (unpaired) electrons. The molecule has 0 N–H and O–H groups in total. The minimum absolute atomic E-state index is 0.0124. The third-order valence-corrected chi connectivity index (χ3v) is 13.8. The summed E-state index contributed by atoms with van der Waals surface area (Å²) in [5.74, 6) is 1.15. The molecule has 0 saturated carbocycles. The Balaban J connectivity index is 0.985. The van der Waals surface area contributed by atoms with Crippen molar-refractivity contribution in [2.45, 2.75) is 12.0 Å². The first kappa shape index (κ1) is 38.0. The van der Waals surface area contributed by atoms with E-state index in [9.17, 15) is 0 Å². The van der Waals surface area contributed by atoms with Gasteiger partial charge in [-0.2, -0.15) is 0 Å². The van der Waals surface area contributed by atoms with E-state index in [1.54, 1.807) is 0 Å². The molecule has 11 aromatic carbocycles. The second-order valence-electron chi connectivity index (χ2n) is 17.4. The lowest BCUT2D eigenvalue weighted by atomic mass is 9.85. The van der Waals surface area contributed by atoms with E-state index >= 15 is 0 Å². The quantitative estimate of drug-likeness (QED) is 0.148. The summed E-state index contributed by atoms with van der Waals surface area (Å²) >= 11 is 0. The number of nitrogens with zero attached hydrogens (tertiary/aromatic N) is 1. The first-order valence-electron chi connectivity index (χ1n) is 22.9. The molecule has 2 heteroatoms. The fraction of sp³-hybridized carbons (Fsp3) is 0.0312. The first-order valence-corrected chi connectivity index (χ1v) is 22.9. The van der Waals surface area contributed by atoms with Gasteiger partial charge in [0.15, 0.2) is 0 Å². The zero-order valence-electron chi connectivity index (χ0n) is 36.2. The molecule has 0 spiro atoms. The van der Waals surface area contributed by atoms with Crippen LogP contribution in [-0.4, -0.2) is 6.10 Å². The lowest BCUT2D eigenvalue weighted by molar-refractivity contribution is 0.269. The van der Waals surface area contributed by atoms with Crippen molar-refractivity contribution in [1.82, 2.24) is 0 Å². The van der Waals surface area contributed by atoms with Gasteiger partial charge in [0.1, 0.15) is 11.9 Å². The van der Waals surface area contributed by atoms with Crippen LogP contribution in [0.5, 0.6) is 5.75 Å². The summed E-state index contributed by atoms with van der Waals surface area (Å²) in [5, 5.41) is 10.0. The van der Waals surface area contributed by atoms with Crippen molar-refractivity contribution in [3.63, 3.8) is 0 Å². The van der Waals surface area contributed by atoms with Crippen LogP contribution in [0.2, 0.25) is 0 Å². The molecule has 0 saturated heterocycles. The second kappa shape index (κ2) is 15.7. The molecule has 13 rings (SSSR count). The molecule has 1 aliphatic heterocycles. The topological polar surface area (TPSA) is 12.5 Å². The Hall–Kier alpha value is -8.46. The zero-order valence-corrected chi connectivity index (χ0v) is 36.2. The third kappa shape index (κ3) is 6.18. The number of benzene rings is 11. The summed E-state index contributed by atoms with van der Waals surface area (Å²) < 4.78 is 6.63. The second-order valence-corrected chi connectivity index (χ2v) is 17.4. The summed E-state index contributed by atoms with van der Waals surface area (Å²) in [4.78, 5) is 2.37. The first-order chi connectivity index (χ1) is 32.8. The molecule has 2 aliphatic rings. The van der Waals surface area contributed by atoms with Crippen LogP contribution in [-0.2, 0) is 0 Å². The highest BCUT2D eigenvalue weighted by molar-refractivity contribution is 6.23. The van der Waals surface area contributed by atoms with E-state index < -0.39 is 0 Å². The molecule has 0 bridgehead atoms. The normalized spacial score (nSPS) is 15.0. The van der Waals surface area contributed by atoms with Gasteiger partial charge < -0.3 is 9.64 Å². The lowest BCUT2D eigenvalue weighted by Gasteiger charge is -2.27. The Kier molecular flexibility index (Phi) is 9.02. The van der Waals surface area contributed by atoms with Gasteiger partial charge >= 0.3 is 0 Å². The van der Waals surface area contributed by atoms with E-state index in [2.05, 4.69) is 254 Å². The standard InChI is InChI=1S/C64H43NO/c1-3-17-42(18-4-1)61-55-26-11-7-21-49(55)51-23-9-13-28-57(51)63(61)44-31-35-46(36-32-44)65(48-39-40-54-53-25-15-16-30-59(53)66-60(54)41-48)47-37-33-45(34-38-47)64-58-29-14-10-24-52(58)50-22-8-12-27-56(50)62(64)43-19-5-2-6-20-43/h1-41,53,59H. The monoisotopic (exact) mass is 841 g/mol. The molecule has 2 atom stereocenters. The maximum Gasteiger partial charge on any atom is 0.128 e. The summed E-state index contributed by atoms with van der Waals surface area (Å²) in [6.07, 6.45) is 8.66. The van der Waals surface area contributed by atoms with Crippen molar-refractivity contribution >= 4 is 60.2 Å². The van der Waals surface area contributed by atoms with Crippen LogP contribution in [0.3, 0.4) is 0 Å². The van der Waals surface area contributed by atoms with Crippen molar-refractivity contribution in [3.05, 3.63) is 254 Å². The molecule has 310 valence electrons. The number of anilines is 3. The van der Waals surface area contributed by atoms with Gasteiger partial charge in [0.2, 0.25) is 0 Å². The summed E-state index contributed by atoms with van der Waals surface area (Å²) in [5.41, 5.74) is 14.1. The Bertz CT molecular complexity index is 3510. The minimum Gasteiger partial charge on any atom is -0.485 e. The van der Waals surface area contributed by atoms with Gasteiger partial charge in [-0.25, -0.2) is 0 Å². The van der Waals surface area contributed by atoms with Gasteiger partial charge in [-0.05, 0) is 124 Å². The van der Waals surface area contributed by atoms with E-state index in [1.807, 2.05) is 0 Å². The largest absolute Gasteiger partial charge is 0.485 e. The highest BCUT2D eigenvalue weighted by Gasteiger charge is 2.33. The highest BCUT2D eigenvalue weighted by atomic mass is 16.5. The molecule has 66 heavy (non-hydrogen) atoms. The van der Waals surface area contributed by atoms with E-state index in [-0.39, 0.29) is 12.0 Å². The van der Waals surface area contributed by atoms with Crippen molar-refractivity contribution in [2.75, 3.05) is 4.90 Å². The van der Waals surface area contributed by atoms with E-state index in [1.165, 1.54) is 93.2 Å². The maximum absolute atomic E-state index is 6.63. The van der Waals surface area contributed by atoms with Crippen molar-refractivity contribution < 1.29 is 4.74 Å². The number of hydrogen-bond acceptors (Lipinski definition) is 2. The molecular weight excluding hydrogens is 799 g/mol. The summed E-state index contributed by atoms with van der Waals surface area (Å²) in [6.45, 7) is 0. The Morgan fingerprint density at radius 2 is 0.652 bits per heavy atom. The number of ether oxygens (including phenoxy) is 1. The molecule has 1 heterocycles. The number of fused-ring (bicyclic) bond motifs is 9. The number of hydrogen-bond donors (Lipinski definition) is 0. The van der Waals surface area contributed by atoms with Gasteiger partial charge in [0.05, 0.1) is 0 Å². The van der Waals surface area contributed by atoms with Crippen LogP contribution < -0.4 is 9.64 Å². The number of allylic oxidation sites excluding steroid dienone is 2. The van der Waals surface area contributed by atoms with E-state index in [0.29, 0.717) is 0 Å². The zero-order chi connectivity index (χ0) is 43.6. The van der Waals surface area contributed by atoms with Crippen molar-refractivity contribution in [2.24, 2.45) is 0 Å². The average molecular weight is 842 g/mol. The minimum atomic E-state index is 0.0124. The van der Waals surface area contributed by atoms with Crippen LogP contribution in [0.15, 0.2) is 249 Å². The van der Waals surface area contributed by atoms with Crippen LogP contribution in [0.25, 0.3) is 87.6 Å². The van der Waals surface area contributed by atoms with Gasteiger partial charge in [-0.3, -0.25) is 0 Å². The maximum atomic E-state index is 6.63. The van der Waals surface area contributed by atoms with Gasteiger partial charge in [0, 0.05) is 34.6 Å². The molecule has 0 fully saturated rings. The van der Waals surface area contributed by atoms with Crippen LogP contribution in [0.1, 0.15) is 11.5 Å². The van der Waals surface area contributed by atoms with Gasteiger partial charge in [-0.15, -0.1) is 0 Å². The Labute approximate surface area is 384 Å². The number of rotatable bonds is 7. The highest BCUT2D eigenvalue weighted by Crippen LogP contribution is 2.49. The van der Waals surface area contributed by atoms with Crippen LogP contribution in [0, 0.1) is 0 Å². The smallest absolute Gasteiger partial charge is 0.128 e. The molecule has 2 unspecified atom stereocenters. The van der Waals surface area contributed by atoms with E-state index in [0.717, 1.165) is 22.8 Å².